The number of carbonyl (C=O) groups excluding carboxylic acids is 6. The van der Waals surface area contributed by atoms with Gasteiger partial charge in [-0.1, -0.05) is 24.1 Å². The number of Topliss-reactive ketones (excluding diaryl/α,β-unsaturated/α-hetero) is 1. The molecule has 5 amide bonds. The van der Waals surface area contributed by atoms with E-state index >= 15 is 0 Å². The van der Waals surface area contributed by atoms with Gasteiger partial charge in [-0.3, -0.25) is 48.8 Å². The Morgan fingerprint density at radius 2 is 1.67 bits per heavy atom. The smallest absolute Gasteiger partial charge is 0.379 e. The molecule has 70 heavy (non-hydrogen) atoms. The van der Waals surface area contributed by atoms with Crippen molar-refractivity contribution >= 4 is 52.3 Å². The number of amides is 5. The summed E-state index contributed by atoms with van der Waals surface area (Å²) in [4.78, 5) is 85.5. The van der Waals surface area contributed by atoms with Crippen LogP contribution in [0.25, 0.3) is 5.65 Å². The Bertz CT molecular complexity index is 2880. The van der Waals surface area contributed by atoms with Crippen molar-refractivity contribution < 1.29 is 51.4 Å². The highest BCUT2D eigenvalue weighted by Gasteiger charge is 2.45. The predicted octanol–water partition coefficient (Wildman–Crippen LogP) is 4.72. The van der Waals surface area contributed by atoms with Gasteiger partial charge in [-0.15, -0.1) is 0 Å². The molecule has 3 aliphatic heterocycles. The van der Waals surface area contributed by atoms with Gasteiger partial charge in [-0.05, 0) is 85.3 Å². The number of aryl methyl sites for hydroxylation is 1. The summed E-state index contributed by atoms with van der Waals surface area (Å²) in [5.41, 5.74) is 2.68. The lowest BCUT2D eigenvalue weighted by Gasteiger charge is -2.35. The topological polar surface area (TPSA) is 197 Å². The molecule has 0 bridgehead atoms. The Kier molecular flexibility index (Phi) is 15.4. The van der Waals surface area contributed by atoms with E-state index in [9.17, 15) is 41.9 Å². The van der Waals surface area contributed by atoms with Crippen molar-refractivity contribution in [3.63, 3.8) is 0 Å². The zero-order chi connectivity index (χ0) is 49.4. The van der Waals surface area contributed by atoms with Gasteiger partial charge in [0, 0.05) is 87.4 Å². The molecule has 0 aliphatic carbocycles. The van der Waals surface area contributed by atoms with E-state index in [-0.39, 0.29) is 66.1 Å². The molecule has 8 rings (SSSR count). The number of aromatic nitrogens is 3. The van der Waals surface area contributed by atoms with Crippen molar-refractivity contribution in [3.05, 3.63) is 124 Å². The number of nitrogens with zero attached hydrogens (tertiary/aromatic N) is 6. The van der Waals surface area contributed by atoms with Gasteiger partial charge >= 0.3 is 6.18 Å². The van der Waals surface area contributed by atoms with Crippen LogP contribution < -0.4 is 16.0 Å². The largest absolute Gasteiger partial charge is 0.416 e. The van der Waals surface area contributed by atoms with Crippen molar-refractivity contribution in [2.24, 2.45) is 0 Å². The van der Waals surface area contributed by atoms with E-state index < -0.39 is 47.3 Å². The fourth-order valence-corrected chi connectivity index (χ4v) is 8.45. The van der Waals surface area contributed by atoms with Crippen LogP contribution in [0.5, 0.6) is 0 Å². The number of imide groups is 2. The van der Waals surface area contributed by atoms with Crippen LogP contribution in [0.1, 0.15) is 84.7 Å². The highest BCUT2D eigenvalue weighted by atomic mass is 19.4. The number of hydrogen-bond donors (Lipinski definition) is 3. The third-order valence-electron chi connectivity index (χ3n) is 12.2. The van der Waals surface area contributed by atoms with Crippen molar-refractivity contribution in [1.82, 2.24) is 34.6 Å². The molecule has 0 radical (unpaired) electrons. The number of piperazine rings is 1. The molecular formula is C50H50F3N9O8. The number of hydrogen-bond acceptors (Lipinski definition) is 13. The number of alkyl halides is 3. The Labute approximate surface area is 400 Å². The Hall–Kier alpha value is -7.31. The van der Waals surface area contributed by atoms with Crippen LogP contribution >= 0.6 is 0 Å². The highest BCUT2D eigenvalue weighted by Crippen LogP contribution is 2.35. The zero-order valence-electron chi connectivity index (χ0n) is 38.3. The molecule has 20 heteroatoms. The van der Waals surface area contributed by atoms with Gasteiger partial charge in [0.15, 0.2) is 11.4 Å². The third kappa shape index (κ3) is 11.7. The molecule has 3 aliphatic rings. The van der Waals surface area contributed by atoms with E-state index in [0.29, 0.717) is 88.2 Å². The molecule has 0 saturated carbocycles. The SMILES string of the molecule is Cc1ccc(C(=O)Nc2ccc(CN3CCN(CCOCCOCCCC(=O)CNc4cccc5c4C(=O)N(C4CCC(=O)NC4=O)C5=O)CC3)c(C(F)(F)F)c2)cc1C#Cc1cnc2cccnn12. The number of piperidine rings is 1. The lowest BCUT2D eigenvalue weighted by atomic mass is 10.0. The molecule has 5 aromatic rings. The van der Waals surface area contributed by atoms with Crippen molar-refractivity contribution in [2.75, 3.05) is 76.3 Å². The van der Waals surface area contributed by atoms with Gasteiger partial charge in [0.05, 0.1) is 49.3 Å². The standard InChI is InChI=1S/C50H50F3N9O8/c1-32-9-10-34(27-33(32)12-14-37-29-55-43-8-3-17-56-62(37)43)46(65)57-36-13-11-35(40(28-36)50(51,52)53)31-60-20-18-59(19-21-60)22-24-70-26-25-69-23-4-5-38(63)30-54-41-7-2-6-39-45(41)49(68)61(48(39)67)42-15-16-44(64)58-47(42)66/h2-3,6-11,13,17,27-29,42,54H,4-5,15-16,18-26,30-31H2,1H3,(H,57,65)(H,58,64,66). The van der Waals surface area contributed by atoms with E-state index in [1.165, 1.54) is 18.2 Å². The summed E-state index contributed by atoms with van der Waals surface area (Å²) in [5.74, 6) is 2.94. The second kappa shape index (κ2) is 22.0. The minimum Gasteiger partial charge on any atom is -0.379 e. The molecule has 5 heterocycles. The van der Waals surface area contributed by atoms with Crippen molar-refractivity contribution in [1.29, 1.82) is 0 Å². The Morgan fingerprint density at radius 1 is 0.886 bits per heavy atom. The minimum absolute atomic E-state index is 0.0110. The Balaban J connectivity index is 0.709. The number of halogens is 3. The van der Waals surface area contributed by atoms with Crippen LogP contribution in [0.4, 0.5) is 24.5 Å². The van der Waals surface area contributed by atoms with Gasteiger partial charge < -0.3 is 20.1 Å². The summed E-state index contributed by atoms with van der Waals surface area (Å²) in [7, 11) is 0. The molecule has 3 N–H and O–H groups in total. The zero-order valence-corrected chi connectivity index (χ0v) is 38.3. The number of nitrogens with one attached hydrogen (secondary N) is 3. The lowest BCUT2D eigenvalue weighted by Crippen LogP contribution is -2.54. The van der Waals surface area contributed by atoms with Crippen LogP contribution in [0.2, 0.25) is 0 Å². The summed E-state index contributed by atoms with van der Waals surface area (Å²) in [6.45, 7) is 6.38. The summed E-state index contributed by atoms with van der Waals surface area (Å²) in [5, 5.41) is 12.0. The minimum atomic E-state index is -4.64. The predicted molar refractivity (Wildman–Crippen MR) is 249 cm³/mol. The number of benzene rings is 3. The third-order valence-corrected chi connectivity index (χ3v) is 12.2. The molecule has 364 valence electrons. The van der Waals surface area contributed by atoms with Gasteiger partial charge in [0.25, 0.3) is 17.7 Å². The van der Waals surface area contributed by atoms with E-state index in [1.54, 1.807) is 59.4 Å². The van der Waals surface area contributed by atoms with Crippen LogP contribution in [-0.4, -0.2) is 136 Å². The first-order chi connectivity index (χ1) is 33.7. The fraction of sp³-hybridized carbons (Fsp3) is 0.360. The van der Waals surface area contributed by atoms with Crippen LogP contribution in [0, 0.1) is 18.8 Å². The first-order valence-corrected chi connectivity index (χ1v) is 22.9. The average molecular weight is 962 g/mol. The quantitative estimate of drug-likeness (QED) is 0.0621. The number of anilines is 2. The molecule has 2 saturated heterocycles. The average Bonchev–Trinajstić information content (AvgIpc) is 3.87. The van der Waals surface area contributed by atoms with Gasteiger partial charge in [0.1, 0.15) is 11.7 Å². The molecule has 2 aromatic heterocycles. The monoisotopic (exact) mass is 961 g/mol. The number of imidazole rings is 1. The van der Waals surface area contributed by atoms with Crippen molar-refractivity contribution in [3.8, 4) is 11.8 Å². The normalized spacial score (nSPS) is 16.5. The van der Waals surface area contributed by atoms with E-state index in [0.717, 1.165) is 16.5 Å². The Morgan fingerprint density at radius 3 is 2.46 bits per heavy atom. The molecule has 1 atom stereocenters. The lowest BCUT2D eigenvalue weighted by molar-refractivity contribution is -0.138. The van der Waals surface area contributed by atoms with Crippen LogP contribution in [0.3, 0.4) is 0 Å². The maximum Gasteiger partial charge on any atom is 0.416 e. The van der Waals surface area contributed by atoms with Crippen molar-refractivity contribution in [2.45, 2.75) is 51.4 Å². The van der Waals surface area contributed by atoms with E-state index in [4.69, 9.17) is 9.47 Å². The van der Waals surface area contributed by atoms with Crippen LogP contribution in [-0.2, 0) is 36.6 Å². The molecule has 17 nitrogen and oxygen atoms in total. The molecule has 1 unspecified atom stereocenters. The number of ether oxygens (including phenoxy) is 2. The van der Waals surface area contributed by atoms with Gasteiger partial charge in [-0.2, -0.15) is 18.3 Å². The number of carbonyl (C=O) groups is 6. The highest BCUT2D eigenvalue weighted by molar-refractivity contribution is 6.25. The summed E-state index contributed by atoms with van der Waals surface area (Å²) >= 11 is 0. The summed E-state index contributed by atoms with van der Waals surface area (Å²) in [6.07, 6.45) is -0.694. The van der Waals surface area contributed by atoms with Gasteiger partial charge in [0.2, 0.25) is 11.8 Å². The second-order valence-corrected chi connectivity index (χ2v) is 17.1. The first-order valence-electron chi connectivity index (χ1n) is 22.9. The van der Waals surface area contributed by atoms with E-state index in [2.05, 4.69) is 42.8 Å². The fourth-order valence-electron chi connectivity index (χ4n) is 8.45. The molecule has 3 aromatic carbocycles. The van der Waals surface area contributed by atoms with Gasteiger partial charge in [-0.25, -0.2) is 9.50 Å². The van der Waals surface area contributed by atoms with Crippen LogP contribution in [0.15, 0.2) is 79.1 Å². The maximum absolute atomic E-state index is 14.4. The second-order valence-electron chi connectivity index (χ2n) is 17.1. The summed E-state index contributed by atoms with van der Waals surface area (Å²) < 4.78 is 56.1. The number of rotatable bonds is 18. The number of fused-ring (bicyclic) bond motifs is 2. The molecular weight excluding hydrogens is 912 g/mol. The first kappa shape index (κ1) is 49.1. The maximum atomic E-state index is 14.4. The molecule has 0 spiro atoms. The summed E-state index contributed by atoms with van der Waals surface area (Å²) in [6, 6.07) is 15.9. The number of ketones is 1. The van der Waals surface area contributed by atoms with E-state index in [1.807, 2.05) is 11.8 Å². The molecule has 2 fully saturated rings.